The van der Waals surface area contributed by atoms with Crippen LogP contribution in [0.3, 0.4) is 0 Å². The number of hydrogen-bond donors (Lipinski definition) is 1. The fourth-order valence-corrected chi connectivity index (χ4v) is 6.69. The third-order valence-corrected chi connectivity index (χ3v) is 9.15. The normalized spacial score (nSPS) is 21.7. The summed E-state index contributed by atoms with van der Waals surface area (Å²) < 4.78 is 125. The standard InChI is InChI=1S/C31H32F9N7O2/c1-3-22-14-25(46(28-42-44-45(2)43-28)15-16-10-20(30(35,36)37)12-21(11-16)31(38,39)40)23-13-19(29(32,33)34)8-9-24(23)47(22)27(49)18-6-4-17(5-7-18)26(41)48/h8-13,17-18,22,25H,3-7,14-15H2,1-2H3,(H2,41,48)/t17-,18-,22-,25?/m1/s1. The van der Waals surface area contributed by atoms with E-state index in [9.17, 15) is 49.1 Å². The van der Waals surface area contributed by atoms with Crippen molar-refractivity contribution in [2.75, 3.05) is 9.80 Å². The molecule has 3 aromatic rings. The molecule has 2 aromatic carbocycles. The van der Waals surface area contributed by atoms with Crippen LogP contribution in [0.2, 0.25) is 0 Å². The minimum absolute atomic E-state index is 0.0204. The maximum atomic E-state index is 14.1. The first-order valence-electron chi connectivity index (χ1n) is 15.4. The molecule has 1 saturated carbocycles. The van der Waals surface area contributed by atoms with Crippen molar-refractivity contribution >= 4 is 23.5 Å². The number of tetrazole rings is 1. The number of aryl methyl sites for hydroxylation is 1. The minimum Gasteiger partial charge on any atom is -0.369 e. The van der Waals surface area contributed by atoms with Gasteiger partial charge >= 0.3 is 18.5 Å². The molecule has 18 heteroatoms. The minimum atomic E-state index is -5.14. The van der Waals surface area contributed by atoms with Crippen LogP contribution in [0.5, 0.6) is 0 Å². The molecular formula is C31H32F9N7O2. The van der Waals surface area contributed by atoms with E-state index in [1.165, 1.54) is 16.8 Å². The van der Waals surface area contributed by atoms with Crippen LogP contribution in [-0.4, -0.2) is 38.1 Å². The summed E-state index contributed by atoms with van der Waals surface area (Å²) in [4.78, 5) is 29.4. The number of nitrogens with two attached hydrogens (primary N) is 1. The summed E-state index contributed by atoms with van der Waals surface area (Å²) in [7, 11) is 1.36. The fraction of sp³-hybridized carbons (Fsp3) is 0.516. The summed E-state index contributed by atoms with van der Waals surface area (Å²) in [6, 6.07) is 2.03. The monoisotopic (exact) mass is 705 g/mol. The van der Waals surface area contributed by atoms with E-state index in [2.05, 4.69) is 15.4 Å². The lowest BCUT2D eigenvalue weighted by molar-refractivity contribution is -0.143. The van der Waals surface area contributed by atoms with Crippen LogP contribution in [0.1, 0.15) is 79.3 Å². The number of anilines is 2. The van der Waals surface area contributed by atoms with Crippen LogP contribution < -0.4 is 15.5 Å². The van der Waals surface area contributed by atoms with Gasteiger partial charge in [-0.3, -0.25) is 9.59 Å². The van der Waals surface area contributed by atoms with Crippen LogP contribution in [0.4, 0.5) is 51.1 Å². The SMILES string of the molecule is CC[C@@H]1CC(N(Cc2cc(C(F)(F)F)cc(C(F)(F)F)c2)c2nnn(C)n2)c2cc(C(F)(F)F)ccc2N1C(=O)[C@H]1CC[C@H](C(N)=O)CC1. The van der Waals surface area contributed by atoms with Gasteiger partial charge in [0, 0.05) is 30.1 Å². The molecule has 49 heavy (non-hydrogen) atoms. The number of nitrogens with zero attached hydrogens (tertiary/aromatic N) is 6. The Morgan fingerprint density at radius 1 is 0.857 bits per heavy atom. The van der Waals surface area contributed by atoms with Crippen LogP contribution in [0.15, 0.2) is 36.4 Å². The molecule has 0 bridgehead atoms. The number of hydrogen-bond acceptors (Lipinski definition) is 6. The first kappa shape index (κ1) is 35.9. The van der Waals surface area contributed by atoms with Crippen LogP contribution in [0.25, 0.3) is 0 Å². The molecule has 2 atom stereocenters. The largest absolute Gasteiger partial charge is 0.416 e. The topological polar surface area (TPSA) is 110 Å². The molecule has 1 aromatic heterocycles. The highest BCUT2D eigenvalue weighted by Gasteiger charge is 2.44. The molecule has 2 heterocycles. The molecule has 2 amide bonds. The first-order chi connectivity index (χ1) is 22.8. The quantitative estimate of drug-likeness (QED) is 0.270. The number of amides is 2. The van der Waals surface area contributed by atoms with Crippen LogP contribution >= 0.6 is 0 Å². The Balaban J connectivity index is 1.64. The molecule has 1 aliphatic heterocycles. The Morgan fingerprint density at radius 3 is 1.92 bits per heavy atom. The van der Waals surface area contributed by atoms with Gasteiger partial charge in [0.05, 0.1) is 29.8 Å². The average Bonchev–Trinajstić information content (AvgIpc) is 3.46. The number of primary amides is 1. The van der Waals surface area contributed by atoms with Crippen molar-refractivity contribution < 1.29 is 49.1 Å². The molecule has 5 rings (SSSR count). The molecule has 266 valence electrons. The highest BCUT2D eigenvalue weighted by Crippen LogP contribution is 2.47. The predicted octanol–water partition coefficient (Wildman–Crippen LogP) is 6.82. The number of benzene rings is 2. The number of fused-ring (bicyclic) bond motifs is 1. The van der Waals surface area contributed by atoms with Gasteiger partial charge in [-0.25, -0.2) is 0 Å². The molecule has 1 unspecified atom stereocenters. The van der Waals surface area contributed by atoms with Gasteiger partial charge in [0.1, 0.15) is 0 Å². The first-order valence-corrected chi connectivity index (χ1v) is 15.4. The lowest BCUT2D eigenvalue weighted by Gasteiger charge is -2.46. The van der Waals surface area contributed by atoms with Crippen LogP contribution in [-0.2, 0) is 41.7 Å². The zero-order valence-corrected chi connectivity index (χ0v) is 26.2. The second-order valence-electron chi connectivity index (χ2n) is 12.4. The molecule has 0 radical (unpaired) electrons. The van der Waals surface area contributed by atoms with Crippen molar-refractivity contribution in [2.24, 2.45) is 24.6 Å². The smallest absolute Gasteiger partial charge is 0.369 e. The van der Waals surface area contributed by atoms with Gasteiger partial charge in [-0.1, -0.05) is 12.0 Å². The predicted molar refractivity (Wildman–Crippen MR) is 156 cm³/mol. The van der Waals surface area contributed by atoms with Crippen molar-refractivity contribution in [3.63, 3.8) is 0 Å². The Bertz CT molecular complexity index is 1660. The Morgan fingerprint density at radius 2 is 1.43 bits per heavy atom. The Kier molecular flexibility index (Phi) is 9.64. The summed E-state index contributed by atoms with van der Waals surface area (Å²) >= 11 is 0. The van der Waals surface area contributed by atoms with E-state index in [0.29, 0.717) is 44.2 Å². The maximum absolute atomic E-state index is 14.1. The van der Waals surface area contributed by atoms with E-state index in [4.69, 9.17) is 5.73 Å². The zero-order chi connectivity index (χ0) is 36.1. The summed E-state index contributed by atoms with van der Waals surface area (Å²) in [5.41, 5.74) is 0.823. The second kappa shape index (κ2) is 13.2. The highest BCUT2D eigenvalue weighted by molar-refractivity contribution is 5.97. The summed E-state index contributed by atoms with van der Waals surface area (Å²) in [5.74, 6) is -2.07. The van der Waals surface area contributed by atoms with Crippen molar-refractivity contribution in [3.8, 4) is 0 Å². The number of carbonyl (C=O) groups is 2. The summed E-state index contributed by atoms with van der Waals surface area (Å²) in [5, 5.41) is 11.8. The van der Waals surface area contributed by atoms with Gasteiger partial charge in [-0.2, -0.15) is 44.3 Å². The second-order valence-corrected chi connectivity index (χ2v) is 12.4. The number of halogens is 9. The average molecular weight is 706 g/mol. The zero-order valence-electron chi connectivity index (χ0n) is 26.2. The number of alkyl halides is 9. The van der Waals surface area contributed by atoms with Gasteiger partial charge in [-0.15, -0.1) is 5.10 Å². The number of rotatable bonds is 7. The molecule has 1 fully saturated rings. The van der Waals surface area contributed by atoms with Crippen molar-refractivity contribution in [1.29, 1.82) is 0 Å². The van der Waals surface area contributed by atoms with Crippen molar-refractivity contribution in [1.82, 2.24) is 20.2 Å². The van der Waals surface area contributed by atoms with E-state index < -0.39 is 77.2 Å². The molecule has 0 saturated heterocycles. The molecule has 2 aliphatic rings. The molecular weight excluding hydrogens is 673 g/mol. The van der Waals surface area contributed by atoms with Gasteiger partial charge in [0.15, 0.2) is 0 Å². The third kappa shape index (κ3) is 7.61. The van der Waals surface area contributed by atoms with E-state index in [1.807, 2.05) is 0 Å². The van der Waals surface area contributed by atoms with Crippen molar-refractivity contribution in [3.05, 3.63) is 64.2 Å². The van der Waals surface area contributed by atoms with Gasteiger partial charge in [-0.05, 0) is 91.3 Å². The molecule has 1 aliphatic carbocycles. The third-order valence-electron chi connectivity index (χ3n) is 9.15. The lowest BCUT2D eigenvalue weighted by Crippen LogP contribution is -2.50. The Labute approximate surface area is 274 Å². The van der Waals surface area contributed by atoms with Gasteiger partial charge in [0.25, 0.3) is 5.95 Å². The van der Waals surface area contributed by atoms with E-state index in [-0.39, 0.29) is 35.6 Å². The van der Waals surface area contributed by atoms with Crippen LogP contribution in [0, 0.1) is 11.8 Å². The summed E-state index contributed by atoms with van der Waals surface area (Å²) in [6.07, 6.45) is -13.5. The van der Waals surface area contributed by atoms with E-state index in [0.717, 1.165) is 23.0 Å². The number of carbonyl (C=O) groups excluding carboxylic acids is 2. The highest BCUT2D eigenvalue weighted by atomic mass is 19.4. The van der Waals surface area contributed by atoms with E-state index in [1.54, 1.807) is 6.92 Å². The summed E-state index contributed by atoms with van der Waals surface area (Å²) in [6.45, 7) is 1.06. The molecule has 2 N–H and O–H groups in total. The van der Waals surface area contributed by atoms with E-state index >= 15 is 0 Å². The number of aromatic nitrogens is 4. The molecule has 9 nitrogen and oxygen atoms in total. The fourth-order valence-electron chi connectivity index (χ4n) is 6.69. The lowest BCUT2D eigenvalue weighted by atomic mass is 9.79. The Hall–Kier alpha value is -4.38. The maximum Gasteiger partial charge on any atom is 0.416 e. The van der Waals surface area contributed by atoms with Crippen molar-refractivity contribution in [2.45, 2.75) is 82.6 Å². The molecule has 0 spiro atoms. The van der Waals surface area contributed by atoms with Gasteiger partial charge in [0.2, 0.25) is 11.8 Å². The van der Waals surface area contributed by atoms with Gasteiger partial charge < -0.3 is 15.5 Å².